The van der Waals surface area contributed by atoms with Gasteiger partial charge in [-0.05, 0) is 43.7 Å². The van der Waals surface area contributed by atoms with Crippen LogP contribution in [0.4, 0.5) is 11.4 Å². The lowest BCUT2D eigenvalue weighted by Gasteiger charge is -2.14. The molecule has 9 nitrogen and oxygen atoms in total. The number of aryl methyl sites for hydroxylation is 1. The zero-order valence-electron chi connectivity index (χ0n) is 15.8. The number of carbonyl (C=O) groups excluding carboxylic acids is 2. The number of nitro groups is 1. The lowest BCUT2D eigenvalue weighted by atomic mass is 10.1. The molecule has 0 spiro atoms. The van der Waals surface area contributed by atoms with Crippen molar-refractivity contribution in [1.82, 2.24) is 0 Å². The van der Waals surface area contributed by atoms with Crippen molar-refractivity contribution < 1.29 is 28.7 Å². The SMILES string of the molecule is COc1ccc(NC(=O)[C@H](C)OC(=O)c2ccc(C)c(OC)c2)c([N+](=O)[O-])c1. The molecule has 1 atom stereocenters. The van der Waals surface area contributed by atoms with Crippen LogP contribution in [-0.4, -0.2) is 37.1 Å². The molecule has 0 aliphatic heterocycles. The summed E-state index contributed by atoms with van der Waals surface area (Å²) in [5, 5.41) is 13.6. The van der Waals surface area contributed by atoms with Crippen LogP contribution in [0.2, 0.25) is 0 Å². The summed E-state index contributed by atoms with van der Waals surface area (Å²) in [5.74, 6) is -0.635. The van der Waals surface area contributed by atoms with Gasteiger partial charge in [0, 0.05) is 0 Å². The molecule has 148 valence electrons. The van der Waals surface area contributed by atoms with Gasteiger partial charge in [0.2, 0.25) is 0 Å². The van der Waals surface area contributed by atoms with E-state index in [1.54, 1.807) is 12.1 Å². The minimum Gasteiger partial charge on any atom is -0.496 e. The highest BCUT2D eigenvalue weighted by molar-refractivity contribution is 5.98. The lowest BCUT2D eigenvalue weighted by Crippen LogP contribution is -2.30. The first-order chi connectivity index (χ1) is 13.3. The topological polar surface area (TPSA) is 117 Å². The maximum Gasteiger partial charge on any atom is 0.339 e. The Labute approximate surface area is 161 Å². The first-order valence-corrected chi connectivity index (χ1v) is 8.25. The Balaban J connectivity index is 2.11. The molecule has 0 aliphatic carbocycles. The van der Waals surface area contributed by atoms with E-state index in [0.717, 1.165) is 5.56 Å². The highest BCUT2D eigenvalue weighted by Crippen LogP contribution is 2.29. The molecule has 0 unspecified atom stereocenters. The number of carbonyl (C=O) groups is 2. The minimum absolute atomic E-state index is 0.0318. The van der Waals surface area contributed by atoms with Crippen molar-refractivity contribution in [3.8, 4) is 11.5 Å². The average molecular weight is 388 g/mol. The zero-order valence-corrected chi connectivity index (χ0v) is 15.8. The highest BCUT2D eigenvalue weighted by Gasteiger charge is 2.23. The van der Waals surface area contributed by atoms with E-state index in [1.807, 2.05) is 6.92 Å². The Morgan fingerprint density at radius 3 is 2.43 bits per heavy atom. The molecular weight excluding hydrogens is 368 g/mol. The molecule has 1 N–H and O–H groups in total. The van der Waals surface area contributed by atoms with E-state index in [9.17, 15) is 19.7 Å². The van der Waals surface area contributed by atoms with Gasteiger partial charge < -0.3 is 19.5 Å². The van der Waals surface area contributed by atoms with Gasteiger partial charge in [-0.25, -0.2) is 4.79 Å². The van der Waals surface area contributed by atoms with Gasteiger partial charge >= 0.3 is 5.97 Å². The highest BCUT2D eigenvalue weighted by atomic mass is 16.6. The molecule has 0 radical (unpaired) electrons. The fourth-order valence-electron chi connectivity index (χ4n) is 2.36. The summed E-state index contributed by atoms with van der Waals surface area (Å²) in [6.07, 6.45) is -1.18. The van der Waals surface area contributed by atoms with Crippen LogP contribution in [0.1, 0.15) is 22.8 Å². The van der Waals surface area contributed by atoms with Gasteiger partial charge in [-0.15, -0.1) is 0 Å². The van der Waals surface area contributed by atoms with Gasteiger partial charge in [-0.1, -0.05) is 6.07 Å². The monoisotopic (exact) mass is 388 g/mol. The van der Waals surface area contributed by atoms with Crippen molar-refractivity contribution >= 4 is 23.3 Å². The number of anilines is 1. The van der Waals surface area contributed by atoms with E-state index in [1.165, 1.54) is 45.4 Å². The molecule has 28 heavy (non-hydrogen) atoms. The molecule has 0 aromatic heterocycles. The van der Waals surface area contributed by atoms with E-state index < -0.39 is 22.9 Å². The van der Waals surface area contributed by atoms with E-state index in [-0.39, 0.29) is 22.7 Å². The van der Waals surface area contributed by atoms with E-state index >= 15 is 0 Å². The van der Waals surface area contributed by atoms with Crippen LogP contribution >= 0.6 is 0 Å². The molecule has 1 amide bonds. The zero-order chi connectivity index (χ0) is 20.8. The van der Waals surface area contributed by atoms with Crippen molar-refractivity contribution in [2.75, 3.05) is 19.5 Å². The molecule has 2 aromatic rings. The number of amides is 1. The molecule has 2 rings (SSSR count). The minimum atomic E-state index is -1.18. The number of nitrogens with one attached hydrogen (secondary N) is 1. The van der Waals surface area contributed by atoms with Gasteiger partial charge in [0.1, 0.15) is 17.2 Å². The fourth-order valence-corrected chi connectivity index (χ4v) is 2.36. The summed E-state index contributed by atoms with van der Waals surface area (Å²) in [4.78, 5) is 35.1. The van der Waals surface area contributed by atoms with Crippen LogP contribution in [-0.2, 0) is 9.53 Å². The molecule has 0 bridgehead atoms. The van der Waals surface area contributed by atoms with Crippen LogP contribution in [0, 0.1) is 17.0 Å². The smallest absolute Gasteiger partial charge is 0.339 e. The number of ether oxygens (including phenoxy) is 3. The molecule has 9 heteroatoms. The number of rotatable bonds is 7. The van der Waals surface area contributed by atoms with Crippen molar-refractivity contribution in [1.29, 1.82) is 0 Å². The summed E-state index contributed by atoms with van der Waals surface area (Å²) >= 11 is 0. The Hall–Kier alpha value is -3.62. The number of methoxy groups -OCH3 is 2. The largest absolute Gasteiger partial charge is 0.496 e. The number of nitrogens with zero attached hydrogens (tertiary/aromatic N) is 1. The standard InChI is InChI=1S/C19H20N2O7/c1-11-5-6-13(9-17(11)27-4)19(23)28-12(2)18(22)20-15-8-7-14(26-3)10-16(15)21(24)25/h5-10,12H,1-4H3,(H,20,22)/t12-/m0/s1. The lowest BCUT2D eigenvalue weighted by molar-refractivity contribution is -0.384. The number of benzene rings is 2. The number of esters is 1. The molecule has 0 heterocycles. The third-order valence-electron chi connectivity index (χ3n) is 3.96. The molecular formula is C19H20N2O7. The Morgan fingerprint density at radius 1 is 1.11 bits per heavy atom. The third kappa shape index (κ3) is 4.76. The third-order valence-corrected chi connectivity index (χ3v) is 3.96. The Morgan fingerprint density at radius 2 is 1.82 bits per heavy atom. The predicted octanol–water partition coefficient (Wildman–Crippen LogP) is 3.10. The molecule has 0 fully saturated rings. The van der Waals surface area contributed by atoms with Crippen molar-refractivity contribution in [3.05, 3.63) is 57.6 Å². The molecule has 0 saturated carbocycles. The second kappa shape index (κ2) is 8.85. The maximum absolute atomic E-state index is 12.3. The van der Waals surface area contributed by atoms with Gasteiger partial charge in [0.05, 0.1) is 30.8 Å². The van der Waals surface area contributed by atoms with Crippen LogP contribution < -0.4 is 14.8 Å². The van der Waals surface area contributed by atoms with Crippen LogP contribution in [0.25, 0.3) is 0 Å². The van der Waals surface area contributed by atoms with Crippen molar-refractivity contribution in [2.45, 2.75) is 20.0 Å². The summed E-state index contributed by atoms with van der Waals surface area (Å²) < 4.78 is 15.3. The first-order valence-electron chi connectivity index (χ1n) is 8.25. The van der Waals surface area contributed by atoms with E-state index in [2.05, 4.69) is 5.32 Å². The second-order valence-electron chi connectivity index (χ2n) is 5.86. The Bertz CT molecular complexity index is 911. The number of hydrogen-bond donors (Lipinski definition) is 1. The van der Waals surface area contributed by atoms with E-state index in [0.29, 0.717) is 5.75 Å². The maximum atomic E-state index is 12.3. The Kier molecular flexibility index (Phi) is 6.54. The molecule has 0 aliphatic rings. The van der Waals surface area contributed by atoms with Gasteiger partial charge in [0.15, 0.2) is 6.10 Å². The van der Waals surface area contributed by atoms with E-state index in [4.69, 9.17) is 14.2 Å². The fraction of sp³-hybridized carbons (Fsp3) is 0.263. The summed E-state index contributed by atoms with van der Waals surface area (Å²) in [5.41, 5.74) is 0.694. The van der Waals surface area contributed by atoms with Gasteiger partial charge in [0.25, 0.3) is 11.6 Å². The normalized spacial score (nSPS) is 11.3. The quantitative estimate of drug-likeness (QED) is 0.440. The summed E-state index contributed by atoms with van der Waals surface area (Å²) in [7, 11) is 2.86. The average Bonchev–Trinajstić information content (AvgIpc) is 2.68. The summed E-state index contributed by atoms with van der Waals surface area (Å²) in [6.45, 7) is 3.19. The van der Waals surface area contributed by atoms with Crippen LogP contribution in [0.15, 0.2) is 36.4 Å². The molecule has 0 saturated heterocycles. The second-order valence-corrected chi connectivity index (χ2v) is 5.86. The first kappa shape index (κ1) is 20.7. The van der Waals surface area contributed by atoms with Crippen LogP contribution in [0.3, 0.4) is 0 Å². The number of nitro benzene ring substituents is 1. The van der Waals surface area contributed by atoms with Gasteiger partial charge in [-0.2, -0.15) is 0 Å². The number of hydrogen-bond acceptors (Lipinski definition) is 7. The molecule has 2 aromatic carbocycles. The summed E-state index contributed by atoms with van der Waals surface area (Å²) in [6, 6.07) is 8.76. The van der Waals surface area contributed by atoms with Crippen LogP contribution in [0.5, 0.6) is 11.5 Å². The van der Waals surface area contributed by atoms with Crippen molar-refractivity contribution in [2.24, 2.45) is 0 Å². The van der Waals surface area contributed by atoms with Gasteiger partial charge in [-0.3, -0.25) is 14.9 Å². The van der Waals surface area contributed by atoms with Crippen molar-refractivity contribution in [3.63, 3.8) is 0 Å². The predicted molar refractivity (Wildman–Crippen MR) is 101 cm³/mol.